The number of rotatable bonds is 4. The second-order valence-corrected chi connectivity index (χ2v) is 4.89. The molecule has 0 saturated heterocycles. The smallest absolute Gasteiger partial charge is 0.164 e. The highest BCUT2D eigenvalue weighted by molar-refractivity contribution is 14.1. The average Bonchev–Trinajstić information content (AvgIpc) is 2.48. The van der Waals surface area contributed by atoms with Crippen LogP contribution in [0.15, 0.2) is 16.5 Å². The molecule has 1 fully saturated rings. The maximum absolute atomic E-state index is 9.09. The van der Waals surface area contributed by atoms with Crippen LogP contribution in [-0.4, -0.2) is 17.8 Å². The molecule has 0 amide bonds. The van der Waals surface area contributed by atoms with Gasteiger partial charge in [-0.1, -0.05) is 0 Å². The molecular formula is C10H14INO2. The molecule has 1 aliphatic carbocycles. The van der Waals surface area contributed by atoms with E-state index >= 15 is 0 Å². The van der Waals surface area contributed by atoms with Gasteiger partial charge in [0.05, 0.1) is 12.6 Å². The van der Waals surface area contributed by atoms with E-state index in [0.717, 1.165) is 35.5 Å². The van der Waals surface area contributed by atoms with Gasteiger partial charge in [0, 0.05) is 0 Å². The standard InChI is InChI=1S/C10H14INO2/c11-10-2-1-9(14-10)6-12-5-7-3-8(13)4-7/h1-2,7-8,12-13H,3-6H2. The van der Waals surface area contributed by atoms with Gasteiger partial charge in [-0.15, -0.1) is 0 Å². The molecule has 2 N–H and O–H groups in total. The Bertz CT molecular complexity index is 294. The maximum atomic E-state index is 9.09. The summed E-state index contributed by atoms with van der Waals surface area (Å²) in [5, 5.41) is 12.4. The molecule has 1 heterocycles. The van der Waals surface area contributed by atoms with Crippen LogP contribution in [0.3, 0.4) is 0 Å². The Morgan fingerprint density at radius 1 is 1.50 bits per heavy atom. The third kappa shape index (κ3) is 2.71. The second kappa shape index (κ2) is 4.63. The molecule has 4 heteroatoms. The molecule has 0 atom stereocenters. The van der Waals surface area contributed by atoms with E-state index in [0.29, 0.717) is 5.92 Å². The zero-order chi connectivity index (χ0) is 9.97. The molecule has 1 saturated carbocycles. The Balaban J connectivity index is 1.63. The van der Waals surface area contributed by atoms with Crippen LogP contribution in [0.25, 0.3) is 0 Å². The van der Waals surface area contributed by atoms with Gasteiger partial charge in [-0.3, -0.25) is 0 Å². The van der Waals surface area contributed by atoms with Crippen molar-refractivity contribution in [2.45, 2.75) is 25.5 Å². The van der Waals surface area contributed by atoms with Gasteiger partial charge in [0.2, 0.25) is 0 Å². The number of hydrogen-bond acceptors (Lipinski definition) is 3. The van der Waals surface area contributed by atoms with Crippen LogP contribution in [0, 0.1) is 9.68 Å². The summed E-state index contributed by atoms with van der Waals surface area (Å²) in [6.07, 6.45) is 1.84. The lowest BCUT2D eigenvalue weighted by atomic mass is 9.82. The van der Waals surface area contributed by atoms with E-state index < -0.39 is 0 Å². The van der Waals surface area contributed by atoms with E-state index in [-0.39, 0.29) is 6.10 Å². The van der Waals surface area contributed by atoms with Crippen molar-refractivity contribution >= 4 is 22.6 Å². The van der Waals surface area contributed by atoms with Crippen molar-refractivity contribution in [3.63, 3.8) is 0 Å². The van der Waals surface area contributed by atoms with Crippen molar-refractivity contribution in [2.24, 2.45) is 5.92 Å². The quantitative estimate of drug-likeness (QED) is 0.833. The minimum absolute atomic E-state index is 0.0497. The molecule has 0 aliphatic heterocycles. The molecule has 1 aromatic rings. The third-order valence-corrected chi connectivity index (χ3v) is 3.15. The SMILES string of the molecule is OC1CC(CNCc2ccc(I)o2)C1. The lowest BCUT2D eigenvalue weighted by Crippen LogP contribution is -2.35. The fourth-order valence-corrected chi connectivity index (χ4v) is 2.18. The van der Waals surface area contributed by atoms with E-state index in [1.54, 1.807) is 0 Å². The minimum Gasteiger partial charge on any atom is -0.454 e. The molecule has 3 nitrogen and oxygen atoms in total. The number of nitrogens with one attached hydrogen (secondary N) is 1. The highest BCUT2D eigenvalue weighted by atomic mass is 127. The molecule has 1 aliphatic rings. The number of hydrogen-bond donors (Lipinski definition) is 2. The molecule has 0 spiro atoms. The molecule has 0 unspecified atom stereocenters. The van der Waals surface area contributed by atoms with Crippen molar-refractivity contribution in [3.8, 4) is 0 Å². The molecule has 78 valence electrons. The first-order chi connectivity index (χ1) is 6.74. The summed E-state index contributed by atoms with van der Waals surface area (Å²) in [5.74, 6) is 1.63. The molecule has 2 rings (SSSR count). The normalized spacial score (nSPS) is 26.1. The van der Waals surface area contributed by atoms with E-state index in [1.807, 2.05) is 12.1 Å². The zero-order valence-corrected chi connectivity index (χ0v) is 10.0. The van der Waals surface area contributed by atoms with Crippen molar-refractivity contribution in [1.82, 2.24) is 5.32 Å². The zero-order valence-electron chi connectivity index (χ0n) is 7.87. The van der Waals surface area contributed by atoms with Crippen LogP contribution < -0.4 is 5.32 Å². The van der Waals surface area contributed by atoms with Gasteiger partial charge < -0.3 is 14.8 Å². The van der Waals surface area contributed by atoms with Crippen LogP contribution in [-0.2, 0) is 6.54 Å². The van der Waals surface area contributed by atoms with E-state index in [9.17, 15) is 0 Å². The summed E-state index contributed by atoms with van der Waals surface area (Å²) in [7, 11) is 0. The Labute approximate surface area is 97.0 Å². The third-order valence-electron chi connectivity index (χ3n) is 2.57. The summed E-state index contributed by atoms with van der Waals surface area (Å²) in [6.45, 7) is 1.77. The van der Waals surface area contributed by atoms with Gasteiger partial charge in [-0.2, -0.15) is 0 Å². The number of halogens is 1. The highest BCUT2D eigenvalue weighted by Gasteiger charge is 2.26. The van der Waals surface area contributed by atoms with Gasteiger partial charge in [-0.25, -0.2) is 0 Å². The predicted molar refractivity (Wildman–Crippen MR) is 61.9 cm³/mol. The Morgan fingerprint density at radius 3 is 2.86 bits per heavy atom. The van der Waals surface area contributed by atoms with Gasteiger partial charge in [-0.05, 0) is 60.0 Å². The monoisotopic (exact) mass is 307 g/mol. The van der Waals surface area contributed by atoms with E-state index in [2.05, 4.69) is 27.9 Å². The first-order valence-corrected chi connectivity index (χ1v) is 5.95. The minimum atomic E-state index is -0.0497. The lowest BCUT2D eigenvalue weighted by Gasteiger charge is -2.31. The summed E-state index contributed by atoms with van der Waals surface area (Å²) >= 11 is 2.16. The molecule has 0 aromatic carbocycles. The first-order valence-electron chi connectivity index (χ1n) is 4.87. The van der Waals surface area contributed by atoms with Crippen LogP contribution in [0.4, 0.5) is 0 Å². The molecular weight excluding hydrogens is 293 g/mol. The van der Waals surface area contributed by atoms with Crippen LogP contribution in [0.1, 0.15) is 18.6 Å². The van der Waals surface area contributed by atoms with Crippen molar-refractivity contribution < 1.29 is 9.52 Å². The summed E-state index contributed by atoms with van der Waals surface area (Å²) in [6, 6.07) is 3.95. The maximum Gasteiger partial charge on any atom is 0.164 e. The number of furan rings is 1. The Morgan fingerprint density at radius 2 is 2.29 bits per heavy atom. The molecule has 14 heavy (non-hydrogen) atoms. The largest absolute Gasteiger partial charge is 0.454 e. The van der Waals surface area contributed by atoms with Crippen molar-refractivity contribution in [3.05, 3.63) is 21.7 Å². The lowest BCUT2D eigenvalue weighted by molar-refractivity contribution is 0.0428. The molecule has 1 aromatic heterocycles. The topological polar surface area (TPSA) is 45.4 Å². The second-order valence-electron chi connectivity index (χ2n) is 3.83. The van der Waals surface area contributed by atoms with E-state index in [1.165, 1.54) is 0 Å². The Kier molecular flexibility index (Phi) is 3.46. The van der Waals surface area contributed by atoms with E-state index in [4.69, 9.17) is 9.52 Å². The van der Waals surface area contributed by atoms with Crippen LogP contribution >= 0.6 is 22.6 Å². The van der Waals surface area contributed by atoms with Gasteiger partial charge in [0.15, 0.2) is 3.77 Å². The van der Waals surface area contributed by atoms with Crippen LogP contribution in [0.2, 0.25) is 0 Å². The van der Waals surface area contributed by atoms with Crippen molar-refractivity contribution in [1.29, 1.82) is 0 Å². The molecule has 0 bridgehead atoms. The van der Waals surface area contributed by atoms with Crippen LogP contribution in [0.5, 0.6) is 0 Å². The van der Waals surface area contributed by atoms with Gasteiger partial charge in [0.1, 0.15) is 5.76 Å². The van der Waals surface area contributed by atoms with Gasteiger partial charge >= 0.3 is 0 Å². The molecule has 0 radical (unpaired) electrons. The van der Waals surface area contributed by atoms with Gasteiger partial charge in [0.25, 0.3) is 0 Å². The summed E-state index contributed by atoms with van der Waals surface area (Å²) < 4.78 is 6.34. The fourth-order valence-electron chi connectivity index (χ4n) is 1.71. The predicted octanol–water partition coefficient (Wildman–Crippen LogP) is 1.74. The first kappa shape index (κ1) is 10.4. The number of aliphatic hydroxyl groups excluding tert-OH is 1. The highest BCUT2D eigenvalue weighted by Crippen LogP contribution is 2.26. The average molecular weight is 307 g/mol. The summed E-state index contributed by atoms with van der Waals surface area (Å²) in [5.41, 5.74) is 0. The van der Waals surface area contributed by atoms with Crippen molar-refractivity contribution in [2.75, 3.05) is 6.54 Å². The fraction of sp³-hybridized carbons (Fsp3) is 0.600. The summed E-state index contributed by atoms with van der Waals surface area (Å²) in [4.78, 5) is 0. The Hall–Kier alpha value is -0.0700. The number of aliphatic hydroxyl groups is 1.